The van der Waals surface area contributed by atoms with Crippen molar-refractivity contribution in [3.05, 3.63) is 107 Å². The van der Waals surface area contributed by atoms with E-state index >= 15 is 0 Å². The molecule has 0 saturated carbocycles. The van der Waals surface area contributed by atoms with Crippen LogP contribution in [-0.2, 0) is 7.05 Å². The molecule has 0 aliphatic heterocycles. The van der Waals surface area contributed by atoms with Crippen LogP contribution in [0.4, 0.5) is 5.69 Å². The third-order valence-corrected chi connectivity index (χ3v) is 6.40. The molecule has 0 fully saturated rings. The zero-order valence-electron chi connectivity index (χ0n) is 18.8. The topological polar surface area (TPSA) is 12.1 Å². The van der Waals surface area contributed by atoms with E-state index in [4.69, 9.17) is 6.57 Å². The van der Waals surface area contributed by atoms with Crippen LogP contribution in [0.3, 0.4) is 0 Å². The predicted octanol–water partition coefficient (Wildman–Crippen LogP) is 6.24. The summed E-state index contributed by atoms with van der Waals surface area (Å²) in [5.74, 6) is 0. The van der Waals surface area contributed by atoms with Gasteiger partial charge in [-0.05, 0) is 44.2 Å². The van der Waals surface area contributed by atoms with E-state index in [0.29, 0.717) is 5.69 Å². The van der Waals surface area contributed by atoms with Gasteiger partial charge in [-0.25, -0.2) is 4.85 Å². The zero-order chi connectivity index (χ0) is 22.4. The largest absolute Gasteiger partial charge is 0.238 e. The molecule has 0 bridgehead atoms. The molecule has 0 unspecified atom stereocenters. The first kappa shape index (κ1) is 19.9. The number of hydrogen-bond acceptors (Lipinski definition) is 0. The van der Waals surface area contributed by atoms with Crippen molar-refractivity contribution in [1.82, 2.24) is 0 Å². The van der Waals surface area contributed by atoms with Crippen LogP contribution in [0.15, 0.2) is 78.9 Å². The van der Waals surface area contributed by atoms with E-state index < -0.39 is 0 Å². The van der Waals surface area contributed by atoms with Crippen molar-refractivity contribution >= 4 is 27.5 Å². The second kappa shape index (κ2) is 7.59. The lowest BCUT2D eigenvalue weighted by molar-refractivity contribution is -0.633. The Kier molecular flexibility index (Phi) is 4.72. The summed E-state index contributed by atoms with van der Waals surface area (Å²) in [4.78, 5) is 3.84. The summed E-state index contributed by atoms with van der Waals surface area (Å²) in [5, 5.41) is 2.40. The number of aromatic nitrogens is 2. The second-order valence-corrected chi connectivity index (χ2v) is 8.41. The summed E-state index contributed by atoms with van der Waals surface area (Å²) in [6.07, 6.45) is 0. The number of benzene rings is 3. The third kappa shape index (κ3) is 3.04. The van der Waals surface area contributed by atoms with Gasteiger partial charge in [-0.2, -0.15) is 9.13 Å². The average Bonchev–Trinajstić information content (AvgIpc) is 2.80. The molecule has 0 radical (unpaired) electrons. The molecular formula is C29H25N3+2. The molecule has 5 aromatic rings. The fourth-order valence-corrected chi connectivity index (χ4v) is 4.85. The van der Waals surface area contributed by atoms with Crippen molar-refractivity contribution in [2.24, 2.45) is 7.05 Å². The lowest BCUT2D eigenvalue weighted by atomic mass is 9.97. The molecular weight excluding hydrogens is 390 g/mol. The van der Waals surface area contributed by atoms with Gasteiger partial charge in [-0.1, -0.05) is 24.3 Å². The first-order chi connectivity index (χ1) is 15.5. The lowest BCUT2D eigenvalue weighted by Gasteiger charge is -2.13. The fraction of sp³-hybridized carbons (Fsp3) is 0.138. The molecule has 32 heavy (non-hydrogen) atoms. The van der Waals surface area contributed by atoms with Gasteiger partial charge in [0.1, 0.15) is 7.05 Å². The molecule has 3 aromatic carbocycles. The Hall–Kier alpha value is -4.03. The molecule has 3 heteroatoms. The molecule has 0 N–H and O–H groups in total. The molecule has 154 valence electrons. The second-order valence-electron chi connectivity index (χ2n) is 8.41. The Labute approximate surface area is 188 Å². The van der Waals surface area contributed by atoms with E-state index in [1.54, 1.807) is 0 Å². The molecule has 0 atom stereocenters. The number of pyridine rings is 2. The van der Waals surface area contributed by atoms with E-state index in [0.717, 1.165) is 33.7 Å². The normalized spacial score (nSPS) is 11.1. The molecule has 3 nitrogen and oxygen atoms in total. The first-order valence-corrected chi connectivity index (χ1v) is 10.8. The van der Waals surface area contributed by atoms with E-state index in [2.05, 4.69) is 109 Å². The maximum absolute atomic E-state index is 7.80. The standard InChI is InChI=1S/C29H25N3/c1-19-16-23-11-7-8-12-26(23)31(5)29(19)25-17-24(30-4)18-28(21(25)3)32-20(2)14-15-22-10-6-9-13-27(22)32/h6-18H,1-3,5H3/q+2. The van der Waals surface area contributed by atoms with E-state index in [1.807, 2.05) is 12.1 Å². The van der Waals surface area contributed by atoms with Crippen LogP contribution in [-0.4, -0.2) is 0 Å². The molecule has 0 aliphatic rings. The summed E-state index contributed by atoms with van der Waals surface area (Å²) >= 11 is 0. The Morgan fingerprint density at radius 3 is 2.19 bits per heavy atom. The molecule has 0 saturated heterocycles. The SMILES string of the molecule is [C-]#[N+]c1cc(-c2c(C)cc3ccccc3[n+]2C)c(C)c(-[n+]2c(C)ccc3ccccc32)c1. The Morgan fingerprint density at radius 2 is 1.44 bits per heavy atom. The summed E-state index contributed by atoms with van der Waals surface area (Å²) in [7, 11) is 2.12. The number of aryl methyl sites for hydroxylation is 3. The first-order valence-electron chi connectivity index (χ1n) is 10.8. The maximum Gasteiger partial charge on any atom is 0.218 e. The Bertz CT molecular complexity index is 1570. The fourth-order valence-electron chi connectivity index (χ4n) is 4.85. The van der Waals surface area contributed by atoms with E-state index in [-0.39, 0.29) is 0 Å². The number of fused-ring (bicyclic) bond motifs is 2. The number of rotatable bonds is 2. The van der Waals surface area contributed by atoms with Crippen LogP contribution in [0.5, 0.6) is 0 Å². The summed E-state index contributed by atoms with van der Waals surface area (Å²) in [6, 6.07) is 27.4. The predicted molar refractivity (Wildman–Crippen MR) is 130 cm³/mol. The zero-order valence-corrected chi connectivity index (χ0v) is 18.8. The Morgan fingerprint density at radius 1 is 0.750 bits per heavy atom. The molecule has 2 heterocycles. The van der Waals surface area contributed by atoms with Crippen molar-refractivity contribution in [2.45, 2.75) is 20.8 Å². The van der Waals surface area contributed by atoms with Gasteiger partial charge in [0, 0.05) is 58.7 Å². The van der Waals surface area contributed by atoms with Crippen LogP contribution in [0.2, 0.25) is 0 Å². The highest BCUT2D eigenvalue weighted by molar-refractivity contribution is 5.82. The van der Waals surface area contributed by atoms with Gasteiger partial charge in [0.2, 0.25) is 22.4 Å². The van der Waals surface area contributed by atoms with Crippen LogP contribution in [0, 0.1) is 27.3 Å². The molecule has 0 spiro atoms. The van der Waals surface area contributed by atoms with E-state index in [1.165, 1.54) is 21.9 Å². The average molecular weight is 416 g/mol. The van der Waals surface area contributed by atoms with Gasteiger partial charge in [0.05, 0.1) is 6.57 Å². The smallest absolute Gasteiger partial charge is 0.218 e. The highest BCUT2D eigenvalue weighted by Crippen LogP contribution is 2.33. The van der Waals surface area contributed by atoms with Crippen molar-refractivity contribution in [3.8, 4) is 16.9 Å². The van der Waals surface area contributed by atoms with Crippen LogP contribution in [0.1, 0.15) is 16.8 Å². The quantitative estimate of drug-likeness (QED) is 0.239. The van der Waals surface area contributed by atoms with Gasteiger partial charge in [-0.15, -0.1) is 0 Å². The Balaban J connectivity index is 1.88. The van der Waals surface area contributed by atoms with Crippen LogP contribution in [0.25, 0.3) is 43.6 Å². The van der Waals surface area contributed by atoms with Crippen LogP contribution >= 0.6 is 0 Å². The summed E-state index contributed by atoms with van der Waals surface area (Å²) in [5.41, 5.74) is 9.76. The van der Waals surface area contributed by atoms with Crippen molar-refractivity contribution in [2.75, 3.05) is 0 Å². The lowest BCUT2D eigenvalue weighted by Crippen LogP contribution is -2.37. The minimum Gasteiger partial charge on any atom is -0.238 e. The summed E-state index contributed by atoms with van der Waals surface area (Å²) in [6.45, 7) is 14.2. The van der Waals surface area contributed by atoms with Gasteiger partial charge in [0.25, 0.3) is 0 Å². The number of nitrogens with zero attached hydrogens (tertiary/aromatic N) is 3. The van der Waals surface area contributed by atoms with E-state index in [9.17, 15) is 0 Å². The highest BCUT2D eigenvalue weighted by Gasteiger charge is 2.26. The van der Waals surface area contributed by atoms with Crippen molar-refractivity contribution < 1.29 is 9.13 Å². The molecule has 5 rings (SSSR count). The highest BCUT2D eigenvalue weighted by atomic mass is 15.0. The van der Waals surface area contributed by atoms with Crippen molar-refractivity contribution in [3.63, 3.8) is 0 Å². The van der Waals surface area contributed by atoms with Gasteiger partial charge in [-0.3, -0.25) is 0 Å². The van der Waals surface area contributed by atoms with Gasteiger partial charge >= 0.3 is 0 Å². The molecule has 0 amide bonds. The van der Waals surface area contributed by atoms with Gasteiger partial charge < -0.3 is 0 Å². The summed E-state index contributed by atoms with van der Waals surface area (Å²) < 4.78 is 4.53. The minimum absolute atomic E-state index is 0.646. The minimum atomic E-state index is 0.646. The molecule has 0 aliphatic carbocycles. The third-order valence-electron chi connectivity index (χ3n) is 6.40. The molecule has 2 aromatic heterocycles. The maximum atomic E-state index is 7.80. The van der Waals surface area contributed by atoms with Crippen LogP contribution < -0.4 is 9.13 Å². The number of para-hydroxylation sites is 2. The van der Waals surface area contributed by atoms with Crippen molar-refractivity contribution in [1.29, 1.82) is 0 Å². The number of hydrogen-bond donors (Lipinski definition) is 0. The monoisotopic (exact) mass is 415 g/mol. The van der Waals surface area contributed by atoms with Gasteiger partial charge in [0.15, 0.2) is 11.4 Å².